The second-order valence-corrected chi connectivity index (χ2v) is 7.89. The van der Waals surface area contributed by atoms with Crippen molar-refractivity contribution in [3.05, 3.63) is 33.5 Å². The molecule has 3 rings (SSSR count). The van der Waals surface area contributed by atoms with Crippen molar-refractivity contribution in [1.29, 1.82) is 0 Å². The molecule has 1 aliphatic heterocycles. The molecule has 0 radical (unpaired) electrons. The third-order valence-electron chi connectivity index (χ3n) is 3.98. The highest BCUT2D eigenvalue weighted by Gasteiger charge is 2.29. The van der Waals surface area contributed by atoms with Crippen molar-refractivity contribution in [3.63, 3.8) is 0 Å². The molecule has 2 heterocycles. The molecule has 0 spiro atoms. The number of aromatic nitrogens is 1. The predicted octanol–water partition coefficient (Wildman–Crippen LogP) is 4.20. The van der Waals surface area contributed by atoms with Crippen LogP contribution in [0.15, 0.2) is 22.9 Å². The van der Waals surface area contributed by atoms with Gasteiger partial charge in [0.15, 0.2) is 5.13 Å². The summed E-state index contributed by atoms with van der Waals surface area (Å²) in [7, 11) is 0. The zero-order chi connectivity index (χ0) is 15.4. The number of thioether (sulfide) groups is 1. The van der Waals surface area contributed by atoms with Crippen LogP contribution in [0.2, 0.25) is 0 Å². The van der Waals surface area contributed by atoms with E-state index in [4.69, 9.17) is 10.7 Å². The van der Waals surface area contributed by atoms with Crippen molar-refractivity contribution in [2.24, 2.45) is 5.73 Å². The van der Waals surface area contributed by atoms with Crippen molar-refractivity contribution < 1.29 is 4.39 Å². The number of hydrogen-bond acceptors (Lipinski definition) is 5. The fraction of sp³-hybridized carbons (Fsp3) is 0.562. The number of halogens is 1. The fourth-order valence-electron chi connectivity index (χ4n) is 2.83. The Morgan fingerprint density at radius 1 is 1.32 bits per heavy atom. The Balaban J connectivity index is 1.68. The third kappa shape index (κ3) is 3.73. The largest absolute Gasteiger partial charge is 0.362 e. The summed E-state index contributed by atoms with van der Waals surface area (Å²) in [5.41, 5.74) is 6.59. The zero-order valence-corrected chi connectivity index (χ0v) is 14.2. The molecule has 0 aromatic carbocycles. The van der Waals surface area contributed by atoms with Crippen LogP contribution in [0, 0.1) is 0 Å². The number of nitrogens with one attached hydrogen (secondary N) is 1. The lowest BCUT2D eigenvalue weighted by molar-refractivity contribution is 0.559. The summed E-state index contributed by atoms with van der Waals surface area (Å²) in [5, 5.41) is 4.41. The van der Waals surface area contributed by atoms with Gasteiger partial charge in [-0.3, -0.25) is 0 Å². The average Bonchev–Trinajstić information content (AvgIpc) is 2.84. The summed E-state index contributed by atoms with van der Waals surface area (Å²) in [6.45, 7) is 1.70. The first-order chi connectivity index (χ1) is 10.8. The smallest absolute Gasteiger partial charge is 0.183 e. The van der Waals surface area contributed by atoms with Crippen LogP contribution in [0.5, 0.6) is 0 Å². The second-order valence-electron chi connectivity index (χ2n) is 5.64. The summed E-state index contributed by atoms with van der Waals surface area (Å²) in [6.07, 6.45) is 8.37. The van der Waals surface area contributed by atoms with Gasteiger partial charge < -0.3 is 11.1 Å². The molecule has 3 N–H and O–H groups in total. The summed E-state index contributed by atoms with van der Waals surface area (Å²) in [5.74, 6) is 1.14. The van der Waals surface area contributed by atoms with Crippen molar-refractivity contribution in [2.75, 3.05) is 24.2 Å². The van der Waals surface area contributed by atoms with Crippen LogP contribution in [0.4, 0.5) is 9.52 Å². The number of anilines is 1. The first-order valence-electron chi connectivity index (χ1n) is 7.90. The summed E-state index contributed by atoms with van der Waals surface area (Å²) < 4.78 is 13.7. The lowest BCUT2D eigenvalue weighted by Crippen LogP contribution is -2.06. The van der Waals surface area contributed by atoms with Gasteiger partial charge in [-0.1, -0.05) is 6.42 Å². The van der Waals surface area contributed by atoms with E-state index in [0.29, 0.717) is 6.42 Å². The van der Waals surface area contributed by atoms with Crippen molar-refractivity contribution in [2.45, 2.75) is 38.0 Å². The molecule has 0 fully saturated rings. The Hall–Kier alpha value is -0.850. The minimum absolute atomic E-state index is 0.0357. The highest BCUT2D eigenvalue weighted by Crippen LogP contribution is 2.46. The third-order valence-corrected chi connectivity index (χ3v) is 6.23. The Morgan fingerprint density at radius 3 is 3.09 bits per heavy atom. The summed E-state index contributed by atoms with van der Waals surface area (Å²) >= 11 is 3.59. The maximum absolute atomic E-state index is 13.7. The molecule has 6 heteroatoms. The van der Waals surface area contributed by atoms with Gasteiger partial charge in [-0.25, -0.2) is 9.37 Å². The molecule has 0 saturated heterocycles. The van der Waals surface area contributed by atoms with Gasteiger partial charge in [-0.2, -0.15) is 0 Å². The number of nitrogens with two attached hydrogens (primary N) is 1. The normalized spacial score (nSPS) is 20.5. The number of hydrogen-bond donors (Lipinski definition) is 2. The summed E-state index contributed by atoms with van der Waals surface area (Å²) in [4.78, 5) is 7.37. The van der Waals surface area contributed by atoms with Gasteiger partial charge in [-0.15, -0.1) is 23.1 Å². The molecular formula is C16H22FN3S2. The van der Waals surface area contributed by atoms with Gasteiger partial charge >= 0.3 is 0 Å². The van der Waals surface area contributed by atoms with Gasteiger partial charge in [0.05, 0.1) is 5.69 Å². The predicted molar refractivity (Wildman–Crippen MR) is 94.3 cm³/mol. The lowest BCUT2D eigenvalue weighted by Gasteiger charge is -2.19. The van der Waals surface area contributed by atoms with Gasteiger partial charge in [-0.05, 0) is 42.9 Å². The van der Waals surface area contributed by atoms with Gasteiger partial charge in [0.2, 0.25) is 0 Å². The molecule has 120 valence electrons. The first-order valence-corrected chi connectivity index (χ1v) is 9.70. The topological polar surface area (TPSA) is 50.9 Å². The van der Waals surface area contributed by atoms with E-state index >= 15 is 0 Å². The molecule has 2 aliphatic rings. The number of thiazole rings is 1. The van der Waals surface area contributed by atoms with E-state index in [9.17, 15) is 4.39 Å². The minimum atomic E-state index is -0.0357. The molecule has 1 aliphatic carbocycles. The molecular weight excluding hydrogens is 317 g/mol. The SMILES string of the molecule is NCCCCCNc1nc2c(s1)CCSC1=CC=C(F)CC12. The van der Waals surface area contributed by atoms with Crippen LogP contribution in [-0.4, -0.2) is 23.8 Å². The Labute approximate surface area is 139 Å². The molecule has 0 saturated carbocycles. The van der Waals surface area contributed by atoms with Crippen LogP contribution >= 0.6 is 23.1 Å². The Bertz CT molecular complexity index is 580. The van der Waals surface area contributed by atoms with E-state index in [1.807, 2.05) is 17.8 Å². The van der Waals surface area contributed by atoms with E-state index in [1.54, 1.807) is 17.4 Å². The molecule has 1 aromatic heterocycles. The average molecular weight is 340 g/mol. The number of rotatable bonds is 6. The molecule has 3 nitrogen and oxygen atoms in total. The zero-order valence-electron chi connectivity index (χ0n) is 12.6. The Kier molecular flexibility index (Phi) is 5.55. The van der Waals surface area contributed by atoms with E-state index < -0.39 is 0 Å². The first kappa shape index (κ1) is 16.0. The van der Waals surface area contributed by atoms with Crippen molar-refractivity contribution in [1.82, 2.24) is 4.98 Å². The molecule has 0 bridgehead atoms. The van der Waals surface area contributed by atoms with Crippen LogP contribution in [0.3, 0.4) is 0 Å². The number of nitrogens with zero attached hydrogens (tertiary/aromatic N) is 1. The van der Waals surface area contributed by atoms with Crippen LogP contribution in [-0.2, 0) is 6.42 Å². The maximum atomic E-state index is 13.7. The quantitative estimate of drug-likeness (QED) is 0.763. The number of fused-ring (bicyclic) bond motifs is 3. The van der Waals surface area contributed by atoms with Gasteiger partial charge in [0.25, 0.3) is 0 Å². The summed E-state index contributed by atoms with van der Waals surface area (Å²) in [6, 6.07) is 0. The highest BCUT2D eigenvalue weighted by molar-refractivity contribution is 8.03. The van der Waals surface area contributed by atoms with Crippen molar-refractivity contribution >= 4 is 28.2 Å². The minimum Gasteiger partial charge on any atom is -0.362 e. The monoisotopic (exact) mass is 339 g/mol. The molecule has 1 atom stereocenters. The molecule has 0 amide bonds. The maximum Gasteiger partial charge on any atom is 0.183 e. The fourth-order valence-corrected chi connectivity index (χ4v) is 5.11. The van der Waals surface area contributed by atoms with Gasteiger partial charge in [0, 0.05) is 29.5 Å². The standard InChI is InChI=1S/C16H22FN3S2/c17-11-4-5-13-12(10-11)15-14(6-9-21-13)22-16(20-15)19-8-3-1-2-7-18/h4-5,12H,1-3,6-10,18H2,(H,19,20). The van der Waals surface area contributed by atoms with Crippen LogP contribution in [0.1, 0.15) is 42.2 Å². The van der Waals surface area contributed by atoms with E-state index in [0.717, 1.165) is 55.4 Å². The molecule has 1 unspecified atom stereocenters. The van der Waals surface area contributed by atoms with Crippen molar-refractivity contribution in [3.8, 4) is 0 Å². The van der Waals surface area contributed by atoms with Crippen LogP contribution < -0.4 is 11.1 Å². The Morgan fingerprint density at radius 2 is 2.23 bits per heavy atom. The second kappa shape index (κ2) is 7.62. The number of allylic oxidation sites excluding steroid dienone is 4. The number of aryl methyl sites for hydroxylation is 1. The van der Waals surface area contributed by atoms with Crippen LogP contribution in [0.25, 0.3) is 0 Å². The van der Waals surface area contributed by atoms with E-state index in [1.165, 1.54) is 9.78 Å². The van der Waals surface area contributed by atoms with E-state index in [2.05, 4.69) is 5.32 Å². The highest BCUT2D eigenvalue weighted by atomic mass is 32.2. The van der Waals surface area contributed by atoms with Gasteiger partial charge in [0.1, 0.15) is 5.83 Å². The molecule has 22 heavy (non-hydrogen) atoms. The molecule has 1 aromatic rings. The number of unbranched alkanes of at least 4 members (excludes halogenated alkanes) is 2. The van der Waals surface area contributed by atoms with E-state index in [-0.39, 0.29) is 11.7 Å². The lowest BCUT2D eigenvalue weighted by atomic mass is 9.95.